The van der Waals surface area contributed by atoms with Crippen LogP contribution in [-0.2, 0) is 19.6 Å². The van der Waals surface area contributed by atoms with Gasteiger partial charge in [-0.15, -0.1) is 0 Å². The topological polar surface area (TPSA) is 75.3 Å². The van der Waals surface area contributed by atoms with Gasteiger partial charge in [0.05, 0.1) is 17.0 Å². The zero-order chi connectivity index (χ0) is 24.3. The highest BCUT2D eigenvalue weighted by atomic mass is 16.3. The van der Waals surface area contributed by atoms with Gasteiger partial charge in [-0.05, 0) is 58.8 Å². The Hall–Kier alpha value is -4.55. The highest BCUT2D eigenvalue weighted by molar-refractivity contribution is 5.90. The lowest BCUT2D eigenvalue weighted by Crippen LogP contribution is -2.23. The second kappa shape index (κ2) is 9.60. The number of oxazole rings is 1. The van der Waals surface area contributed by atoms with Crippen molar-refractivity contribution in [3.63, 3.8) is 0 Å². The van der Waals surface area contributed by atoms with Crippen molar-refractivity contribution in [3.05, 3.63) is 120 Å². The minimum absolute atomic E-state index is 0.147. The first-order chi connectivity index (χ1) is 17.7. The largest absolute Gasteiger partial charge is 0.507 e. The standard InChI is InChI=1S/C30H24N4O2/c35-27-17-22-9-2-1-8-21(22)16-26(27)30-33-29-23(10-7-13-28(29)36-30)18-34(19-24-11-3-5-14-31-24)20-25-12-4-6-15-32-25/h1-17,35H,18-20H2. The van der Waals surface area contributed by atoms with Crippen LogP contribution in [0.15, 0.2) is 108 Å². The highest BCUT2D eigenvalue weighted by Crippen LogP contribution is 2.35. The zero-order valence-electron chi connectivity index (χ0n) is 19.6. The van der Waals surface area contributed by atoms with Crippen LogP contribution in [0.1, 0.15) is 17.0 Å². The minimum atomic E-state index is 0.147. The van der Waals surface area contributed by atoms with Crippen LogP contribution >= 0.6 is 0 Å². The van der Waals surface area contributed by atoms with E-state index in [9.17, 15) is 5.11 Å². The van der Waals surface area contributed by atoms with Crippen molar-refractivity contribution in [1.29, 1.82) is 0 Å². The van der Waals surface area contributed by atoms with Gasteiger partial charge in [0.2, 0.25) is 5.89 Å². The summed E-state index contributed by atoms with van der Waals surface area (Å²) in [6.45, 7) is 1.98. The van der Waals surface area contributed by atoms with E-state index in [4.69, 9.17) is 9.40 Å². The third-order valence-electron chi connectivity index (χ3n) is 6.21. The molecule has 6 rings (SSSR count). The predicted molar refractivity (Wildman–Crippen MR) is 140 cm³/mol. The average molecular weight is 473 g/mol. The molecule has 0 aliphatic rings. The molecular formula is C30H24N4O2. The quantitative estimate of drug-likeness (QED) is 0.292. The van der Waals surface area contributed by atoms with E-state index in [0.29, 0.717) is 36.7 Å². The van der Waals surface area contributed by atoms with Gasteiger partial charge in [-0.3, -0.25) is 14.9 Å². The summed E-state index contributed by atoms with van der Waals surface area (Å²) in [5.41, 5.74) is 5.06. The second-order valence-corrected chi connectivity index (χ2v) is 8.79. The van der Waals surface area contributed by atoms with Gasteiger partial charge in [0.15, 0.2) is 5.58 Å². The summed E-state index contributed by atoms with van der Waals surface area (Å²) in [6.07, 6.45) is 3.63. The first kappa shape index (κ1) is 21.9. The van der Waals surface area contributed by atoms with Gasteiger partial charge < -0.3 is 9.52 Å². The van der Waals surface area contributed by atoms with Crippen molar-refractivity contribution < 1.29 is 9.52 Å². The van der Waals surface area contributed by atoms with E-state index in [1.54, 1.807) is 6.07 Å². The smallest absolute Gasteiger partial charge is 0.231 e. The van der Waals surface area contributed by atoms with Crippen LogP contribution in [-0.4, -0.2) is 25.0 Å². The zero-order valence-corrected chi connectivity index (χ0v) is 19.6. The molecule has 0 saturated carbocycles. The van der Waals surface area contributed by atoms with Crippen LogP contribution in [0.3, 0.4) is 0 Å². The Bertz CT molecular complexity index is 1590. The second-order valence-electron chi connectivity index (χ2n) is 8.79. The fourth-order valence-electron chi connectivity index (χ4n) is 4.50. The van der Waals surface area contributed by atoms with E-state index in [1.165, 1.54) is 0 Å². The molecular weight excluding hydrogens is 448 g/mol. The van der Waals surface area contributed by atoms with Crippen LogP contribution in [0.5, 0.6) is 5.75 Å². The number of hydrogen-bond donors (Lipinski definition) is 1. The van der Waals surface area contributed by atoms with E-state index >= 15 is 0 Å². The first-order valence-electron chi connectivity index (χ1n) is 11.9. The number of benzene rings is 3. The van der Waals surface area contributed by atoms with Gasteiger partial charge >= 0.3 is 0 Å². The maximum atomic E-state index is 10.7. The van der Waals surface area contributed by atoms with Gasteiger partial charge in [-0.25, -0.2) is 4.98 Å². The van der Waals surface area contributed by atoms with Crippen molar-refractivity contribution in [1.82, 2.24) is 19.9 Å². The Kier molecular flexibility index (Phi) is 5.85. The number of aromatic hydroxyl groups is 1. The van der Waals surface area contributed by atoms with E-state index in [1.807, 2.05) is 91.3 Å². The number of hydrogen-bond acceptors (Lipinski definition) is 6. The summed E-state index contributed by atoms with van der Waals surface area (Å²) in [4.78, 5) is 16.2. The Balaban J connectivity index is 1.36. The van der Waals surface area contributed by atoms with Crippen LogP contribution in [0.2, 0.25) is 0 Å². The van der Waals surface area contributed by atoms with Gasteiger partial charge in [0.1, 0.15) is 11.3 Å². The van der Waals surface area contributed by atoms with Gasteiger partial charge in [-0.2, -0.15) is 0 Å². The number of para-hydroxylation sites is 1. The molecule has 0 radical (unpaired) electrons. The molecule has 0 aliphatic carbocycles. The van der Waals surface area contributed by atoms with E-state index < -0.39 is 0 Å². The number of fused-ring (bicyclic) bond motifs is 2. The summed E-state index contributed by atoms with van der Waals surface area (Å²) in [5, 5.41) is 12.7. The Morgan fingerprint density at radius 2 is 1.36 bits per heavy atom. The summed E-state index contributed by atoms with van der Waals surface area (Å²) in [5.74, 6) is 0.551. The number of pyridine rings is 2. The molecule has 3 aromatic heterocycles. The maximum Gasteiger partial charge on any atom is 0.231 e. The highest BCUT2D eigenvalue weighted by Gasteiger charge is 2.18. The van der Waals surface area contributed by atoms with Crippen LogP contribution < -0.4 is 0 Å². The molecule has 0 aliphatic heterocycles. The molecule has 0 saturated heterocycles. The Morgan fingerprint density at radius 1 is 0.694 bits per heavy atom. The fraction of sp³-hybridized carbons (Fsp3) is 0.100. The fourth-order valence-corrected chi connectivity index (χ4v) is 4.50. The number of phenols is 1. The SMILES string of the molecule is Oc1cc2ccccc2cc1-c1nc2c(CN(Cc3ccccn3)Cc3ccccn3)cccc2o1. The number of rotatable bonds is 7. The molecule has 0 amide bonds. The summed E-state index contributed by atoms with van der Waals surface area (Å²) in [6, 6.07) is 29.5. The molecule has 0 atom stereocenters. The molecule has 3 aromatic carbocycles. The molecule has 0 fully saturated rings. The third-order valence-corrected chi connectivity index (χ3v) is 6.21. The third kappa shape index (κ3) is 4.54. The number of phenolic OH excluding ortho intramolecular Hbond substituents is 1. The molecule has 36 heavy (non-hydrogen) atoms. The van der Waals surface area contributed by atoms with Gasteiger partial charge in [0, 0.05) is 32.0 Å². The van der Waals surface area contributed by atoms with Crippen LogP contribution in [0, 0.1) is 0 Å². The number of aromatic nitrogens is 3. The van der Waals surface area contributed by atoms with E-state index in [0.717, 1.165) is 33.2 Å². The van der Waals surface area contributed by atoms with Crippen molar-refractivity contribution in [2.75, 3.05) is 0 Å². The number of nitrogens with zero attached hydrogens (tertiary/aromatic N) is 4. The predicted octanol–water partition coefficient (Wildman–Crippen LogP) is 6.35. The van der Waals surface area contributed by atoms with Crippen molar-refractivity contribution in [2.45, 2.75) is 19.6 Å². The van der Waals surface area contributed by atoms with Crippen molar-refractivity contribution >= 4 is 21.9 Å². The first-order valence-corrected chi connectivity index (χ1v) is 11.9. The average Bonchev–Trinajstić information content (AvgIpc) is 3.35. The van der Waals surface area contributed by atoms with Crippen LogP contribution in [0.4, 0.5) is 0 Å². The van der Waals surface area contributed by atoms with Crippen molar-refractivity contribution in [3.8, 4) is 17.2 Å². The minimum Gasteiger partial charge on any atom is -0.507 e. The summed E-state index contributed by atoms with van der Waals surface area (Å²) in [7, 11) is 0. The normalized spacial score (nSPS) is 11.5. The Morgan fingerprint density at radius 3 is 2.03 bits per heavy atom. The molecule has 0 spiro atoms. The molecule has 1 N–H and O–H groups in total. The summed E-state index contributed by atoms with van der Waals surface area (Å²) >= 11 is 0. The molecule has 6 nitrogen and oxygen atoms in total. The molecule has 6 aromatic rings. The van der Waals surface area contributed by atoms with E-state index in [2.05, 4.69) is 20.9 Å². The van der Waals surface area contributed by atoms with Crippen molar-refractivity contribution in [2.24, 2.45) is 0 Å². The van der Waals surface area contributed by atoms with Gasteiger partial charge in [0.25, 0.3) is 0 Å². The monoisotopic (exact) mass is 472 g/mol. The molecule has 6 heteroatoms. The molecule has 3 heterocycles. The molecule has 0 bridgehead atoms. The lowest BCUT2D eigenvalue weighted by Gasteiger charge is -2.22. The maximum absolute atomic E-state index is 10.7. The lowest BCUT2D eigenvalue weighted by atomic mass is 10.1. The summed E-state index contributed by atoms with van der Waals surface area (Å²) < 4.78 is 6.13. The molecule has 176 valence electrons. The van der Waals surface area contributed by atoms with Crippen LogP contribution in [0.25, 0.3) is 33.3 Å². The van der Waals surface area contributed by atoms with Gasteiger partial charge in [-0.1, -0.05) is 48.5 Å². The Labute approximate surface area is 208 Å². The molecule has 0 unspecified atom stereocenters. The van der Waals surface area contributed by atoms with E-state index in [-0.39, 0.29) is 5.75 Å². The lowest BCUT2D eigenvalue weighted by molar-refractivity contribution is 0.242.